The van der Waals surface area contributed by atoms with Crippen molar-refractivity contribution in [1.82, 2.24) is 4.90 Å². The zero-order valence-electron chi connectivity index (χ0n) is 14.5. The van der Waals surface area contributed by atoms with Crippen molar-refractivity contribution in [3.05, 3.63) is 52.4 Å². The van der Waals surface area contributed by atoms with Gasteiger partial charge in [0.05, 0.1) is 13.0 Å². The van der Waals surface area contributed by atoms with E-state index < -0.39 is 0 Å². The van der Waals surface area contributed by atoms with Crippen molar-refractivity contribution in [2.24, 2.45) is 5.92 Å². The van der Waals surface area contributed by atoms with Crippen molar-refractivity contribution in [2.45, 2.75) is 12.8 Å². The fourth-order valence-corrected chi connectivity index (χ4v) is 4.10. The summed E-state index contributed by atoms with van der Waals surface area (Å²) in [6.07, 6.45) is 4.76. The van der Waals surface area contributed by atoms with Crippen molar-refractivity contribution < 1.29 is 14.3 Å². The molecule has 1 saturated heterocycles. The number of thiophene rings is 1. The number of esters is 1. The summed E-state index contributed by atoms with van der Waals surface area (Å²) in [6.45, 7) is 1.17. The number of carbonyl (C=O) groups excluding carboxylic acids is 2. The summed E-state index contributed by atoms with van der Waals surface area (Å²) >= 11 is 7.65. The molecule has 1 aliphatic heterocycles. The number of rotatable bonds is 4. The highest BCUT2D eigenvalue weighted by Gasteiger charge is 2.26. The first-order valence-corrected chi connectivity index (χ1v) is 9.67. The van der Waals surface area contributed by atoms with Gasteiger partial charge < -0.3 is 9.64 Å². The molecular weight excluding hydrogens is 370 g/mol. The van der Waals surface area contributed by atoms with Crippen LogP contribution in [0.3, 0.4) is 0 Å². The van der Waals surface area contributed by atoms with Crippen molar-refractivity contribution in [2.75, 3.05) is 20.2 Å². The summed E-state index contributed by atoms with van der Waals surface area (Å²) < 4.78 is 4.77. The SMILES string of the molecule is COC(=O)C1CCN(C(=O)/C=C/c2ccc(-c3cccc(Cl)c3)s2)CC1. The molecule has 6 heteroatoms. The van der Waals surface area contributed by atoms with Crippen LogP contribution in [0.25, 0.3) is 16.5 Å². The van der Waals surface area contributed by atoms with E-state index in [1.54, 1.807) is 22.3 Å². The lowest BCUT2D eigenvalue weighted by Crippen LogP contribution is -2.39. The molecule has 0 saturated carbocycles. The van der Waals surface area contributed by atoms with Gasteiger partial charge in [0.15, 0.2) is 0 Å². The van der Waals surface area contributed by atoms with E-state index in [0.29, 0.717) is 31.0 Å². The molecule has 3 rings (SSSR count). The van der Waals surface area contributed by atoms with E-state index in [1.807, 2.05) is 42.5 Å². The van der Waals surface area contributed by atoms with E-state index in [-0.39, 0.29) is 17.8 Å². The van der Waals surface area contributed by atoms with Gasteiger partial charge in [-0.1, -0.05) is 23.7 Å². The number of amides is 1. The average molecular weight is 390 g/mol. The molecule has 0 atom stereocenters. The summed E-state index contributed by atoms with van der Waals surface area (Å²) in [6, 6.07) is 11.7. The zero-order valence-corrected chi connectivity index (χ0v) is 16.1. The summed E-state index contributed by atoms with van der Waals surface area (Å²) in [5.41, 5.74) is 1.07. The van der Waals surface area contributed by atoms with Crippen LogP contribution in [0.2, 0.25) is 5.02 Å². The number of halogens is 1. The van der Waals surface area contributed by atoms with Crippen molar-refractivity contribution in [3.8, 4) is 10.4 Å². The lowest BCUT2D eigenvalue weighted by atomic mass is 9.97. The van der Waals surface area contributed by atoms with Crippen molar-refractivity contribution in [1.29, 1.82) is 0 Å². The Balaban J connectivity index is 1.59. The van der Waals surface area contributed by atoms with Crippen LogP contribution in [0.15, 0.2) is 42.5 Å². The molecule has 0 radical (unpaired) electrons. The molecule has 1 aromatic heterocycles. The maximum Gasteiger partial charge on any atom is 0.308 e. The second-order valence-electron chi connectivity index (χ2n) is 6.17. The van der Waals surface area contributed by atoms with Crippen LogP contribution < -0.4 is 0 Å². The van der Waals surface area contributed by atoms with Gasteiger partial charge >= 0.3 is 5.97 Å². The molecule has 1 aliphatic rings. The molecule has 0 spiro atoms. The lowest BCUT2D eigenvalue weighted by molar-refractivity contribution is -0.148. The van der Waals surface area contributed by atoms with Crippen molar-refractivity contribution in [3.63, 3.8) is 0 Å². The van der Waals surface area contributed by atoms with E-state index in [1.165, 1.54) is 7.11 Å². The summed E-state index contributed by atoms with van der Waals surface area (Å²) in [4.78, 5) is 27.8. The molecule has 0 aliphatic carbocycles. The van der Waals surface area contributed by atoms with Gasteiger partial charge in [0.1, 0.15) is 0 Å². The number of likely N-dealkylation sites (tertiary alicyclic amines) is 1. The van der Waals surface area contributed by atoms with Gasteiger partial charge in [-0.2, -0.15) is 0 Å². The standard InChI is InChI=1S/C20H20ClNO3S/c1-25-20(24)14-9-11-22(12-10-14)19(23)8-6-17-5-7-18(26-17)15-3-2-4-16(21)13-15/h2-8,13-14H,9-12H2,1H3/b8-6+. The van der Waals surface area contributed by atoms with Crippen LogP contribution in [0.4, 0.5) is 0 Å². The second kappa shape index (κ2) is 8.52. The number of hydrogen-bond donors (Lipinski definition) is 0. The Hall–Kier alpha value is -2.11. The van der Waals surface area contributed by atoms with E-state index in [2.05, 4.69) is 0 Å². The highest BCUT2D eigenvalue weighted by atomic mass is 35.5. The van der Waals surface area contributed by atoms with Crippen LogP contribution in [-0.4, -0.2) is 37.0 Å². The summed E-state index contributed by atoms with van der Waals surface area (Å²) in [5, 5.41) is 0.707. The largest absolute Gasteiger partial charge is 0.469 e. The average Bonchev–Trinajstić information content (AvgIpc) is 3.14. The zero-order chi connectivity index (χ0) is 18.5. The highest BCUT2D eigenvalue weighted by Crippen LogP contribution is 2.30. The lowest BCUT2D eigenvalue weighted by Gasteiger charge is -2.29. The maximum absolute atomic E-state index is 12.3. The number of nitrogens with zero attached hydrogens (tertiary/aromatic N) is 1. The monoisotopic (exact) mass is 389 g/mol. The van der Waals surface area contributed by atoms with E-state index >= 15 is 0 Å². The Bertz CT molecular complexity index is 822. The number of benzene rings is 1. The number of ether oxygens (including phenoxy) is 1. The number of piperidine rings is 1. The minimum Gasteiger partial charge on any atom is -0.469 e. The fraction of sp³-hybridized carbons (Fsp3) is 0.300. The summed E-state index contributed by atoms with van der Waals surface area (Å²) in [5.74, 6) is -0.295. The van der Waals surface area contributed by atoms with Crippen LogP contribution in [0, 0.1) is 5.92 Å². The van der Waals surface area contributed by atoms with Gasteiger partial charge in [0.2, 0.25) is 5.91 Å². The number of carbonyl (C=O) groups is 2. The number of methoxy groups -OCH3 is 1. The third-order valence-electron chi connectivity index (χ3n) is 4.47. The van der Waals surface area contributed by atoms with Crippen LogP contribution in [0.1, 0.15) is 17.7 Å². The predicted octanol–water partition coefficient (Wildman–Crippen LogP) is 4.49. The first-order chi connectivity index (χ1) is 12.6. The molecule has 1 fully saturated rings. The molecule has 1 aromatic carbocycles. The molecule has 4 nitrogen and oxygen atoms in total. The van der Waals surface area contributed by atoms with Gasteiger partial charge in [0.25, 0.3) is 0 Å². The van der Waals surface area contributed by atoms with Crippen molar-refractivity contribution >= 4 is 40.9 Å². The molecule has 0 bridgehead atoms. The Morgan fingerprint density at radius 3 is 2.69 bits per heavy atom. The third-order valence-corrected chi connectivity index (χ3v) is 5.80. The van der Waals surface area contributed by atoms with Crippen LogP contribution in [0.5, 0.6) is 0 Å². The smallest absolute Gasteiger partial charge is 0.308 e. The fourth-order valence-electron chi connectivity index (χ4n) is 3.00. The minimum atomic E-state index is -0.181. The Morgan fingerprint density at radius 2 is 2.00 bits per heavy atom. The molecule has 0 unspecified atom stereocenters. The first kappa shape index (κ1) is 18.7. The van der Waals surface area contributed by atoms with Gasteiger partial charge in [-0.3, -0.25) is 9.59 Å². The maximum atomic E-state index is 12.3. The molecule has 26 heavy (non-hydrogen) atoms. The molecule has 2 aromatic rings. The quantitative estimate of drug-likeness (QED) is 0.571. The first-order valence-electron chi connectivity index (χ1n) is 8.47. The normalized spacial score (nSPS) is 15.4. The van der Waals surface area contributed by atoms with Gasteiger partial charge in [-0.25, -0.2) is 0 Å². The van der Waals surface area contributed by atoms with Crippen LogP contribution in [-0.2, 0) is 14.3 Å². The Kier molecular flexibility index (Phi) is 6.12. The topological polar surface area (TPSA) is 46.6 Å². The molecule has 1 amide bonds. The molecule has 0 N–H and O–H groups in total. The summed E-state index contributed by atoms with van der Waals surface area (Å²) in [7, 11) is 1.40. The van der Waals surface area contributed by atoms with E-state index in [4.69, 9.17) is 16.3 Å². The van der Waals surface area contributed by atoms with Crippen LogP contribution >= 0.6 is 22.9 Å². The highest BCUT2D eigenvalue weighted by molar-refractivity contribution is 7.16. The van der Waals surface area contributed by atoms with Gasteiger partial charge in [-0.15, -0.1) is 11.3 Å². The molecule has 2 heterocycles. The molecule has 136 valence electrons. The third kappa shape index (κ3) is 4.54. The Morgan fingerprint density at radius 1 is 1.23 bits per heavy atom. The number of hydrogen-bond acceptors (Lipinski definition) is 4. The predicted molar refractivity (Wildman–Crippen MR) is 105 cm³/mol. The second-order valence-corrected chi connectivity index (χ2v) is 7.72. The van der Waals surface area contributed by atoms with Gasteiger partial charge in [0, 0.05) is 33.9 Å². The minimum absolute atomic E-state index is 0.0222. The van der Waals surface area contributed by atoms with E-state index in [9.17, 15) is 9.59 Å². The molecular formula is C20H20ClNO3S. The Labute approximate surface area is 162 Å². The van der Waals surface area contributed by atoms with E-state index in [0.717, 1.165) is 15.3 Å². The van der Waals surface area contributed by atoms with Gasteiger partial charge in [-0.05, 0) is 48.7 Å².